The van der Waals surface area contributed by atoms with Gasteiger partial charge in [-0.05, 0) is 36.8 Å². The van der Waals surface area contributed by atoms with Crippen LogP contribution in [-0.4, -0.2) is 49.3 Å². The molecule has 8 heteroatoms. The second-order valence-electron chi connectivity index (χ2n) is 5.87. The van der Waals surface area contributed by atoms with E-state index in [1.807, 2.05) is 19.1 Å². The van der Waals surface area contributed by atoms with Gasteiger partial charge in [0.25, 0.3) is 0 Å². The van der Waals surface area contributed by atoms with Crippen LogP contribution in [0.3, 0.4) is 0 Å². The molecule has 0 aliphatic carbocycles. The van der Waals surface area contributed by atoms with Gasteiger partial charge >= 0.3 is 5.97 Å². The number of esters is 1. The zero-order valence-electron chi connectivity index (χ0n) is 15.3. The minimum atomic E-state index is -0.430. The van der Waals surface area contributed by atoms with Crippen LogP contribution >= 0.6 is 12.2 Å². The maximum absolute atomic E-state index is 12.6. The Labute approximate surface area is 158 Å². The van der Waals surface area contributed by atoms with Crippen molar-refractivity contribution in [3.05, 3.63) is 41.1 Å². The van der Waals surface area contributed by atoms with E-state index in [4.69, 9.17) is 21.7 Å². The van der Waals surface area contributed by atoms with E-state index in [2.05, 4.69) is 10.6 Å². The highest BCUT2D eigenvalue weighted by Gasteiger charge is 2.33. The zero-order chi connectivity index (χ0) is 19.3. The quantitative estimate of drug-likeness (QED) is 0.446. The van der Waals surface area contributed by atoms with Crippen LogP contribution in [0, 0.1) is 0 Å². The highest BCUT2D eigenvalue weighted by Crippen LogP contribution is 2.31. The average Bonchev–Trinajstić information content (AvgIpc) is 2.59. The van der Waals surface area contributed by atoms with Crippen molar-refractivity contribution in [1.82, 2.24) is 10.2 Å². The molecule has 2 rings (SSSR count). The first-order chi connectivity index (χ1) is 12.3. The van der Waals surface area contributed by atoms with Gasteiger partial charge in [0.2, 0.25) is 5.91 Å². The zero-order valence-corrected chi connectivity index (χ0v) is 16.1. The highest BCUT2D eigenvalue weighted by molar-refractivity contribution is 7.80. The van der Waals surface area contributed by atoms with E-state index in [1.54, 1.807) is 31.2 Å². The van der Waals surface area contributed by atoms with Crippen molar-refractivity contribution in [1.29, 1.82) is 0 Å². The molecule has 0 unspecified atom stereocenters. The summed E-state index contributed by atoms with van der Waals surface area (Å²) in [4.78, 5) is 25.5. The summed E-state index contributed by atoms with van der Waals surface area (Å²) in [6, 6.07) is 6.81. The highest BCUT2D eigenvalue weighted by atomic mass is 32.1. The normalized spacial score (nSPS) is 17.0. The van der Waals surface area contributed by atoms with Crippen LogP contribution in [0.15, 0.2) is 35.5 Å². The molecule has 0 bridgehead atoms. The number of thiocarbonyl (C=S) groups is 1. The lowest BCUT2D eigenvalue weighted by Crippen LogP contribution is -2.46. The lowest BCUT2D eigenvalue weighted by atomic mass is 9.95. The first-order valence-corrected chi connectivity index (χ1v) is 8.54. The molecular weight excluding hydrogens is 354 g/mol. The van der Waals surface area contributed by atoms with Crippen molar-refractivity contribution in [2.45, 2.75) is 19.9 Å². The molecule has 0 fully saturated rings. The van der Waals surface area contributed by atoms with E-state index in [-0.39, 0.29) is 12.5 Å². The van der Waals surface area contributed by atoms with Gasteiger partial charge in [0.15, 0.2) is 5.11 Å². The molecule has 1 aromatic rings. The summed E-state index contributed by atoms with van der Waals surface area (Å²) in [7, 11) is 3.34. The minimum Gasteiger partial charge on any atom is -0.460 e. The van der Waals surface area contributed by atoms with Gasteiger partial charge < -0.3 is 25.0 Å². The molecule has 0 saturated heterocycles. The number of ether oxygens (including phenoxy) is 2. The Kier molecular flexibility index (Phi) is 6.70. The number of methoxy groups -OCH3 is 1. The fraction of sp³-hybridized carbons (Fsp3) is 0.389. The standard InChI is InChI=1S/C18H23N3O4S/c1-11-15(17(23)25-10-9-24-4)16(20-18(26)21(11)3)13-5-7-14(8-6-13)19-12(2)22/h5-8,16H,9-10H2,1-4H3,(H,19,22)(H,20,26)/t16-/m0/s1. The molecular formula is C18H23N3O4S. The SMILES string of the molecule is COCCOC(=O)C1=C(C)N(C)C(=S)N[C@H]1c1ccc(NC(C)=O)cc1. The predicted molar refractivity (Wildman–Crippen MR) is 103 cm³/mol. The molecule has 1 aromatic carbocycles. The van der Waals surface area contributed by atoms with Crippen LogP contribution in [0.1, 0.15) is 25.5 Å². The molecule has 0 saturated carbocycles. The Hall–Kier alpha value is -2.45. The molecule has 1 atom stereocenters. The minimum absolute atomic E-state index is 0.144. The third-order valence-electron chi connectivity index (χ3n) is 4.06. The Morgan fingerprint density at radius 3 is 2.50 bits per heavy atom. The number of allylic oxidation sites excluding steroid dienone is 1. The maximum Gasteiger partial charge on any atom is 0.338 e. The van der Waals surface area contributed by atoms with Crippen LogP contribution in [0.4, 0.5) is 5.69 Å². The van der Waals surface area contributed by atoms with Crippen molar-refractivity contribution in [3.8, 4) is 0 Å². The van der Waals surface area contributed by atoms with Crippen molar-refractivity contribution in [3.63, 3.8) is 0 Å². The summed E-state index contributed by atoms with van der Waals surface area (Å²) in [6.07, 6.45) is 0. The summed E-state index contributed by atoms with van der Waals surface area (Å²) in [5.41, 5.74) is 2.74. The van der Waals surface area contributed by atoms with E-state index in [0.717, 1.165) is 11.3 Å². The Bertz CT molecular complexity index is 730. The number of carbonyl (C=O) groups is 2. The maximum atomic E-state index is 12.6. The summed E-state index contributed by atoms with van der Waals surface area (Å²) >= 11 is 5.36. The van der Waals surface area contributed by atoms with Gasteiger partial charge in [0.1, 0.15) is 6.61 Å². The van der Waals surface area contributed by atoms with Crippen LogP contribution < -0.4 is 10.6 Å². The van der Waals surface area contributed by atoms with Crippen molar-refractivity contribution in [2.75, 3.05) is 32.7 Å². The van der Waals surface area contributed by atoms with Gasteiger partial charge in [-0.2, -0.15) is 0 Å². The fourth-order valence-electron chi connectivity index (χ4n) is 2.61. The molecule has 2 N–H and O–H groups in total. The second kappa shape index (κ2) is 8.77. The van der Waals surface area contributed by atoms with Gasteiger partial charge in [0.05, 0.1) is 18.2 Å². The topological polar surface area (TPSA) is 79.9 Å². The molecule has 0 spiro atoms. The summed E-state index contributed by atoms with van der Waals surface area (Å²) in [6.45, 7) is 3.79. The number of nitrogens with zero attached hydrogens (tertiary/aromatic N) is 1. The number of hydrogen-bond acceptors (Lipinski definition) is 5. The van der Waals surface area contributed by atoms with E-state index in [9.17, 15) is 9.59 Å². The molecule has 1 aliphatic heterocycles. The lowest BCUT2D eigenvalue weighted by molar-refractivity contribution is -0.140. The molecule has 1 heterocycles. The van der Waals surface area contributed by atoms with Gasteiger partial charge in [-0.3, -0.25) is 4.79 Å². The monoisotopic (exact) mass is 377 g/mol. The van der Waals surface area contributed by atoms with Crippen LogP contribution in [0.25, 0.3) is 0 Å². The number of hydrogen-bond donors (Lipinski definition) is 2. The van der Waals surface area contributed by atoms with E-state index in [0.29, 0.717) is 23.0 Å². The molecule has 0 radical (unpaired) electrons. The van der Waals surface area contributed by atoms with Crippen LogP contribution in [0.2, 0.25) is 0 Å². The first kappa shape index (κ1) is 19.9. The summed E-state index contributed by atoms with van der Waals surface area (Å²) < 4.78 is 10.2. The molecule has 1 amide bonds. The number of carbonyl (C=O) groups excluding carboxylic acids is 2. The van der Waals surface area contributed by atoms with Gasteiger partial charge in [-0.1, -0.05) is 12.1 Å². The Morgan fingerprint density at radius 2 is 1.92 bits per heavy atom. The molecule has 1 aliphatic rings. The van der Waals surface area contributed by atoms with Crippen molar-refractivity contribution >= 4 is 34.9 Å². The first-order valence-electron chi connectivity index (χ1n) is 8.13. The number of anilines is 1. The third-order valence-corrected chi connectivity index (χ3v) is 4.45. The van der Waals surface area contributed by atoms with Crippen molar-refractivity contribution in [2.24, 2.45) is 0 Å². The number of nitrogens with one attached hydrogen (secondary N) is 2. The van der Waals surface area contributed by atoms with Crippen LogP contribution in [0.5, 0.6) is 0 Å². The van der Waals surface area contributed by atoms with E-state index in [1.165, 1.54) is 6.92 Å². The van der Waals surface area contributed by atoms with E-state index < -0.39 is 12.0 Å². The third kappa shape index (κ3) is 4.59. The smallest absolute Gasteiger partial charge is 0.338 e. The fourth-order valence-corrected chi connectivity index (χ4v) is 2.86. The number of rotatable bonds is 6. The molecule has 26 heavy (non-hydrogen) atoms. The van der Waals surface area contributed by atoms with Crippen molar-refractivity contribution < 1.29 is 19.1 Å². The van der Waals surface area contributed by atoms with E-state index >= 15 is 0 Å². The predicted octanol–water partition coefficient (Wildman–Crippen LogP) is 1.97. The largest absolute Gasteiger partial charge is 0.460 e. The van der Waals surface area contributed by atoms with Gasteiger partial charge in [-0.15, -0.1) is 0 Å². The van der Waals surface area contributed by atoms with Gasteiger partial charge in [-0.25, -0.2) is 4.79 Å². The second-order valence-corrected chi connectivity index (χ2v) is 6.26. The molecule has 0 aromatic heterocycles. The average molecular weight is 377 g/mol. The van der Waals surface area contributed by atoms with Gasteiger partial charge in [0, 0.05) is 32.5 Å². The summed E-state index contributed by atoms with van der Waals surface area (Å²) in [5.74, 6) is -0.563. The molecule has 7 nitrogen and oxygen atoms in total. The lowest BCUT2D eigenvalue weighted by Gasteiger charge is -2.35. The summed E-state index contributed by atoms with van der Waals surface area (Å²) in [5, 5.41) is 6.41. The Morgan fingerprint density at radius 1 is 1.27 bits per heavy atom. The molecule has 140 valence electrons. The Balaban J connectivity index is 2.32. The number of benzene rings is 1. The number of amides is 1. The van der Waals surface area contributed by atoms with Crippen LogP contribution in [-0.2, 0) is 19.1 Å².